The van der Waals surface area contributed by atoms with E-state index in [2.05, 4.69) is 30.7 Å². The van der Waals surface area contributed by atoms with Gasteiger partial charge in [0.1, 0.15) is 11.1 Å². The fraction of sp³-hybridized carbons (Fsp3) is 0.415. The highest BCUT2D eigenvalue weighted by Gasteiger charge is 2.45. The summed E-state index contributed by atoms with van der Waals surface area (Å²) in [5.74, 6) is -1.36. The van der Waals surface area contributed by atoms with Gasteiger partial charge in [0.25, 0.3) is 23.3 Å². The lowest BCUT2D eigenvalue weighted by atomic mass is 10.0. The Bertz CT molecular complexity index is 2420. The molecule has 0 spiro atoms. The van der Waals surface area contributed by atoms with E-state index in [4.69, 9.17) is 26.1 Å². The van der Waals surface area contributed by atoms with Gasteiger partial charge in [0, 0.05) is 63.5 Å². The van der Waals surface area contributed by atoms with Crippen LogP contribution in [0.3, 0.4) is 0 Å². The van der Waals surface area contributed by atoms with Crippen molar-refractivity contribution in [3.05, 3.63) is 75.2 Å². The van der Waals surface area contributed by atoms with Crippen LogP contribution in [-0.2, 0) is 26.2 Å². The zero-order chi connectivity index (χ0) is 41.4. The average Bonchev–Trinajstić information content (AvgIpc) is 3.34. The summed E-state index contributed by atoms with van der Waals surface area (Å²) < 4.78 is 13.6. The zero-order valence-electron chi connectivity index (χ0n) is 32.7. The van der Waals surface area contributed by atoms with Crippen LogP contribution in [-0.4, -0.2) is 107 Å². The summed E-state index contributed by atoms with van der Waals surface area (Å²) in [4.78, 5) is 89.8. The van der Waals surface area contributed by atoms with Crippen LogP contribution >= 0.6 is 11.6 Å². The summed E-state index contributed by atoms with van der Waals surface area (Å²) in [6.45, 7) is 2.61. The smallest absolute Gasteiger partial charge is 0.293 e. The number of amides is 5. The molecule has 4 aromatic rings. The summed E-state index contributed by atoms with van der Waals surface area (Å²) in [6.07, 6.45) is 6.10. The quantitative estimate of drug-likeness (QED) is 0.197. The topological polar surface area (TPSA) is 197 Å². The first kappa shape index (κ1) is 39.7. The molecule has 17 nitrogen and oxygen atoms in total. The Morgan fingerprint density at radius 3 is 2.41 bits per heavy atom. The summed E-state index contributed by atoms with van der Waals surface area (Å²) in [6, 6.07) is 11.4. The van der Waals surface area contributed by atoms with Gasteiger partial charge in [0.2, 0.25) is 17.8 Å². The molecule has 4 aliphatic heterocycles. The van der Waals surface area contributed by atoms with E-state index in [1.165, 1.54) is 11.6 Å². The van der Waals surface area contributed by atoms with Crippen LogP contribution in [0.1, 0.15) is 65.7 Å². The van der Waals surface area contributed by atoms with Crippen LogP contribution in [0, 0.1) is 0 Å². The van der Waals surface area contributed by atoms with Crippen molar-refractivity contribution in [2.24, 2.45) is 7.05 Å². The van der Waals surface area contributed by atoms with Gasteiger partial charge >= 0.3 is 0 Å². The van der Waals surface area contributed by atoms with E-state index >= 15 is 0 Å². The number of pyridine rings is 1. The van der Waals surface area contributed by atoms with Crippen LogP contribution in [0.15, 0.2) is 53.5 Å². The van der Waals surface area contributed by atoms with Crippen LogP contribution in [0.25, 0.3) is 10.9 Å². The lowest BCUT2D eigenvalue weighted by molar-refractivity contribution is -0.136. The maximum Gasteiger partial charge on any atom is 0.293 e. The summed E-state index contributed by atoms with van der Waals surface area (Å²) >= 11 is 6.55. The van der Waals surface area contributed by atoms with Crippen molar-refractivity contribution in [3.8, 4) is 5.75 Å². The van der Waals surface area contributed by atoms with Crippen LogP contribution in [0.5, 0.6) is 5.75 Å². The van der Waals surface area contributed by atoms with Gasteiger partial charge in [0.15, 0.2) is 18.2 Å². The summed E-state index contributed by atoms with van der Waals surface area (Å²) in [5.41, 5.74) is 2.40. The van der Waals surface area contributed by atoms with Crippen molar-refractivity contribution in [3.63, 3.8) is 0 Å². The SMILES string of the molecule is CNC(=O)COc1cc2cc(Nc3nc(N4CCC(OC5CCCN(c6ccc7c(c6)C(=O)N(C6CCC(=O)NC6=O)C7=O)CC5)CC4)ncc3Cl)ccc2n(C)c1=O. The predicted octanol–water partition coefficient (Wildman–Crippen LogP) is 3.30. The monoisotopic (exact) mass is 825 g/mol. The number of carbonyl (C=O) groups excluding carboxylic acids is 5. The number of halogens is 1. The number of anilines is 4. The first-order chi connectivity index (χ1) is 28.5. The zero-order valence-corrected chi connectivity index (χ0v) is 33.4. The molecule has 308 valence electrons. The molecule has 4 aliphatic rings. The highest BCUT2D eigenvalue weighted by Crippen LogP contribution is 2.33. The molecule has 0 bridgehead atoms. The van der Waals surface area contributed by atoms with Crippen molar-refractivity contribution < 1.29 is 33.4 Å². The minimum Gasteiger partial charge on any atom is -0.478 e. The highest BCUT2D eigenvalue weighted by atomic mass is 35.5. The molecule has 0 aliphatic carbocycles. The molecule has 8 rings (SSSR count). The number of hydrogen-bond donors (Lipinski definition) is 3. The Hall–Kier alpha value is -6.07. The van der Waals surface area contributed by atoms with Crippen molar-refractivity contribution in [2.45, 2.75) is 63.2 Å². The highest BCUT2D eigenvalue weighted by molar-refractivity contribution is 6.33. The Labute approximate surface area is 344 Å². The van der Waals surface area contributed by atoms with Crippen molar-refractivity contribution in [1.29, 1.82) is 0 Å². The Morgan fingerprint density at radius 2 is 1.64 bits per heavy atom. The Balaban J connectivity index is 0.854. The third-order valence-corrected chi connectivity index (χ3v) is 11.7. The molecule has 3 saturated heterocycles. The molecule has 3 fully saturated rings. The van der Waals surface area contributed by atoms with Gasteiger partial charge in [-0.15, -0.1) is 0 Å². The van der Waals surface area contributed by atoms with E-state index in [1.54, 1.807) is 31.4 Å². The van der Waals surface area contributed by atoms with E-state index in [1.807, 2.05) is 24.3 Å². The van der Waals surface area contributed by atoms with Gasteiger partial charge < -0.3 is 34.5 Å². The van der Waals surface area contributed by atoms with Crippen LogP contribution in [0.2, 0.25) is 5.02 Å². The molecule has 0 saturated carbocycles. The number of aromatic nitrogens is 3. The molecular formula is C41H44ClN9O8. The maximum absolute atomic E-state index is 13.4. The van der Waals surface area contributed by atoms with E-state index < -0.39 is 29.7 Å². The fourth-order valence-electron chi connectivity index (χ4n) is 8.16. The van der Waals surface area contributed by atoms with Gasteiger partial charge in [-0.1, -0.05) is 11.6 Å². The molecule has 2 aromatic carbocycles. The van der Waals surface area contributed by atoms with Gasteiger partial charge in [-0.05, 0) is 81.0 Å². The van der Waals surface area contributed by atoms with Gasteiger partial charge in [-0.2, -0.15) is 4.98 Å². The van der Waals surface area contributed by atoms with E-state index in [0.29, 0.717) is 41.1 Å². The largest absolute Gasteiger partial charge is 0.478 e. The van der Waals surface area contributed by atoms with Gasteiger partial charge in [-0.3, -0.25) is 39.0 Å². The molecule has 0 radical (unpaired) electrons. The van der Waals surface area contributed by atoms with E-state index in [0.717, 1.165) is 61.2 Å². The number of benzene rings is 2. The second kappa shape index (κ2) is 16.7. The standard InChI is InChI=1S/C41H44ClN9O8/c1-43-35(53)22-58-33-19-23-18-24(5-8-31(23)48(2)40(33)57)45-36-30(42)21-44-41(47-36)50-16-12-27(13-17-50)59-26-4-3-14-49(15-11-26)25-6-7-28-29(20-25)39(56)51(38(28)55)32-9-10-34(52)46-37(32)54/h5-8,18-21,26-27,32H,3-4,9-17,22H2,1-2H3,(H,43,53)(H,44,45,47)(H,46,52,54). The number of piperidine rings is 2. The fourth-order valence-corrected chi connectivity index (χ4v) is 8.30. The minimum absolute atomic E-state index is 0.0626. The van der Waals surface area contributed by atoms with E-state index in [-0.39, 0.29) is 60.0 Å². The number of nitrogens with zero attached hydrogens (tertiary/aromatic N) is 6. The molecule has 59 heavy (non-hydrogen) atoms. The molecular weight excluding hydrogens is 782 g/mol. The number of rotatable bonds is 10. The Kier molecular flexibility index (Phi) is 11.2. The number of likely N-dealkylation sites (N-methyl/N-ethyl adjacent to an activating group) is 1. The third-order valence-electron chi connectivity index (χ3n) is 11.4. The van der Waals surface area contributed by atoms with E-state index in [9.17, 15) is 28.8 Å². The molecule has 2 unspecified atom stereocenters. The molecule has 5 amide bonds. The molecule has 2 aromatic heterocycles. The summed E-state index contributed by atoms with van der Waals surface area (Å²) in [7, 11) is 3.14. The van der Waals surface area contributed by atoms with Crippen LogP contribution in [0.4, 0.5) is 23.1 Å². The van der Waals surface area contributed by atoms with Crippen LogP contribution < -0.4 is 36.0 Å². The molecule has 2 atom stereocenters. The molecule has 18 heteroatoms. The second-order valence-electron chi connectivity index (χ2n) is 15.1. The molecule has 6 heterocycles. The lowest BCUT2D eigenvalue weighted by Crippen LogP contribution is -2.54. The van der Waals surface area contributed by atoms with Crippen molar-refractivity contribution >= 4 is 75.2 Å². The maximum atomic E-state index is 13.4. The van der Waals surface area contributed by atoms with Gasteiger partial charge in [0.05, 0.1) is 35.0 Å². The summed E-state index contributed by atoms with van der Waals surface area (Å²) in [5, 5.41) is 9.06. The first-order valence-electron chi connectivity index (χ1n) is 19.7. The number of hydrogen-bond acceptors (Lipinski definition) is 13. The minimum atomic E-state index is -0.998. The third kappa shape index (κ3) is 8.16. The lowest BCUT2D eigenvalue weighted by Gasteiger charge is -2.34. The van der Waals surface area contributed by atoms with Gasteiger partial charge in [-0.25, -0.2) is 4.98 Å². The second-order valence-corrected chi connectivity index (χ2v) is 15.5. The number of imide groups is 2. The number of ether oxygens (including phenoxy) is 2. The first-order valence-corrected chi connectivity index (χ1v) is 20.1. The van der Waals surface area contributed by atoms with Crippen molar-refractivity contribution in [2.75, 3.05) is 55.0 Å². The number of aryl methyl sites for hydroxylation is 1. The van der Waals surface area contributed by atoms with Crippen molar-refractivity contribution in [1.82, 2.24) is 30.1 Å². The molecule has 3 N–H and O–H groups in total. The Morgan fingerprint density at radius 1 is 0.898 bits per heavy atom. The normalized spacial score (nSPS) is 20.1. The number of fused-ring (bicyclic) bond motifs is 2. The predicted molar refractivity (Wildman–Crippen MR) is 218 cm³/mol. The number of carbonyl (C=O) groups is 5. The average molecular weight is 826 g/mol. The number of nitrogens with one attached hydrogen (secondary N) is 3.